The Morgan fingerprint density at radius 1 is 1.00 bits per heavy atom. The van der Waals surface area contributed by atoms with Gasteiger partial charge in [0.25, 0.3) is 0 Å². The maximum absolute atomic E-state index is 14.2. The van der Waals surface area contributed by atoms with Gasteiger partial charge in [-0.05, 0) is 93.7 Å². The molecule has 1 aromatic carbocycles. The fourth-order valence-electron chi connectivity index (χ4n) is 7.88. The molecule has 0 saturated carbocycles. The van der Waals surface area contributed by atoms with Gasteiger partial charge in [-0.3, -0.25) is 19.8 Å². The summed E-state index contributed by atoms with van der Waals surface area (Å²) >= 11 is 8.07. The summed E-state index contributed by atoms with van der Waals surface area (Å²) in [5.74, 6) is -0.409. The van der Waals surface area contributed by atoms with Crippen molar-refractivity contribution in [2.75, 3.05) is 70.5 Å². The Morgan fingerprint density at radius 3 is 2.47 bits per heavy atom. The first-order valence-electron chi connectivity index (χ1n) is 17.4. The summed E-state index contributed by atoms with van der Waals surface area (Å²) in [5, 5.41) is 6.45. The van der Waals surface area contributed by atoms with Gasteiger partial charge in [-0.1, -0.05) is 24.6 Å². The molecule has 2 aromatic rings. The molecule has 0 radical (unpaired) electrons. The van der Waals surface area contributed by atoms with Crippen LogP contribution in [0.5, 0.6) is 0 Å². The number of hydrogen-bond acceptors (Lipinski definition) is 7. The van der Waals surface area contributed by atoms with Crippen molar-refractivity contribution in [3.63, 3.8) is 0 Å². The Bertz CT molecular complexity index is 1440. The quantitative estimate of drug-likeness (QED) is 0.389. The second-order valence-electron chi connectivity index (χ2n) is 13.8. The van der Waals surface area contributed by atoms with E-state index in [2.05, 4.69) is 28.2 Å². The van der Waals surface area contributed by atoms with Crippen molar-refractivity contribution in [3.05, 3.63) is 45.3 Å². The van der Waals surface area contributed by atoms with Crippen LogP contribution in [-0.2, 0) is 29.0 Å². The second kappa shape index (κ2) is 15.1. The lowest BCUT2D eigenvalue weighted by Gasteiger charge is -2.41. The van der Waals surface area contributed by atoms with E-state index < -0.39 is 5.92 Å². The van der Waals surface area contributed by atoms with E-state index in [-0.39, 0.29) is 30.3 Å². The van der Waals surface area contributed by atoms with E-state index in [9.17, 15) is 14.4 Å². The molecule has 0 unspecified atom stereocenters. The lowest BCUT2D eigenvalue weighted by Crippen LogP contribution is -2.51. The minimum Gasteiger partial charge on any atom is -0.397 e. The third kappa shape index (κ3) is 7.90. The highest BCUT2D eigenvalue weighted by atomic mass is 35.5. The number of thiophene rings is 1. The van der Waals surface area contributed by atoms with Crippen molar-refractivity contribution < 1.29 is 14.4 Å². The van der Waals surface area contributed by atoms with E-state index in [1.54, 1.807) is 11.3 Å². The van der Waals surface area contributed by atoms with Gasteiger partial charge in [-0.15, -0.1) is 11.3 Å². The third-order valence-corrected chi connectivity index (χ3v) is 12.0. The van der Waals surface area contributed by atoms with Crippen molar-refractivity contribution in [1.82, 2.24) is 24.5 Å². The van der Waals surface area contributed by atoms with Crippen LogP contribution in [-0.4, -0.2) is 114 Å². The molecular formula is C35H50ClN7O3S. The monoisotopic (exact) mass is 683 g/mol. The minimum absolute atomic E-state index is 0.00541. The predicted octanol–water partition coefficient (Wildman–Crippen LogP) is 4.76. The summed E-state index contributed by atoms with van der Waals surface area (Å²) in [6.45, 7) is 9.67. The van der Waals surface area contributed by atoms with Crippen LogP contribution in [0.3, 0.4) is 0 Å². The van der Waals surface area contributed by atoms with E-state index in [1.165, 1.54) is 6.42 Å². The smallest absolute Gasteiger partial charge is 0.323 e. The van der Waals surface area contributed by atoms with Crippen LogP contribution in [0, 0.1) is 5.92 Å². The van der Waals surface area contributed by atoms with Crippen molar-refractivity contribution in [1.29, 1.82) is 0 Å². The van der Waals surface area contributed by atoms with Gasteiger partial charge in [-0.25, -0.2) is 4.79 Å². The van der Waals surface area contributed by atoms with Gasteiger partial charge in [0.05, 0.1) is 23.2 Å². The first-order chi connectivity index (χ1) is 22.7. The van der Waals surface area contributed by atoms with E-state index >= 15 is 0 Å². The van der Waals surface area contributed by atoms with Crippen LogP contribution in [0.1, 0.15) is 62.1 Å². The maximum Gasteiger partial charge on any atom is 0.323 e. The molecule has 3 fully saturated rings. The first-order valence-corrected chi connectivity index (χ1v) is 18.7. The number of carbonyl (C=O) groups excluding carboxylic acids is 3. The number of rotatable bonds is 8. The third-order valence-electron chi connectivity index (χ3n) is 10.8. The summed E-state index contributed by atoms with van der Waals surface area (Å²) in [7, 11) is 2.19. The largest absolute Gasteiger partial charge is 0.397 e. The zero-order chi connectivity index (χ0) is 33.1. The van der Waals surface area contributed by atoms with Crippen molar-refractivity contribution in [3.8, 4) is 0 Å². The number of nitrogens with zero attached hydrogens (tertiary/aromatic N) is 5. The molecule has 3 N–H and O–H groups in total. The molecule has 4 aliphatic heterocycles. The lowest BCUT2D eigenvalue weighted by atomic mass is 9.91. The normalized spacial score (nSPS) is 21.3. The summed E-state index contributed by atoms with van der Waals surface area (Å²) in [6, 6.07) is 6.50. The first kappa shape index (κ1) is 34.0. The summed E-state index contributed by atoms with van der Waals surface area (Å²) in [5.41, 5.74) is 9.86. The maximum atomic E-state index is 14.2. The highest BCUT2D eigenvalue weighted by Crippen LogP contribution is 2.33. The van der Waals surface area contributed by atoms with E-state index in [1.807, 2.05) is 39.1 Å². The van der Waals surface area contributed by atoms with Gasteiger partial charge in [0, 0.05) is 63.3 Å². The number of aryl methyl sites for hydroxylation is 1. The Kier molecular flexibility index (Phi) is 11.0. The zero-order valence-corrected chi connectivity index (χ0v) is 29.5. The molecular weight excluding hydrogens is 634 g/mol. The number of halogens is 1. The molecule has 4 aliphatic rings. The van der Waals surface area contributed by atoms with Crippen LogP contribution < -0.4 is 11.1 Å². The molecule has 0 aliphatic carbocycles. The number of amides is 4. The van der Waals surface area contributed by atoms with Gasteiger partial charge in [0.2, 0.25) is 11.8 Å². The number of hydrogen-bond donors (Lipinski definition) is 2. The van der Waals surface area contributed by atoms with Crippen LogP contribution in [0.2, 0.25) is 5.02 Å². The fraction of sp³-hybridized carbons (Fsp3) is 0.629. The molecule has 12 heteroatoms. The molecule has 1 aromatic heterocycles. The fourth-order valence-corrected chi connectivity index (χ4v) is 8.94. The zero-order valence-electron chi connectivity index (χ0n) is 27.9. The number of fused-ring (bicyclic) bond motifs is 1. The second-order valence-corrected chi connectivity index (χ2v) is 15.1. The summed E-state index contributed by atoms with van der Waals surface area (Å²) < 4.78 is 0. The number of nitrogen functional groups attached to an aromatic ring is 1. The average molecular weight is 684 g/mol. The molecule has 0 bridgehead atoms. The minimum atomic E-state index is -0.474. The van der Waals surface area contributed by atoms with E-state index in [4.69, 9.17) is 17.3 Å². The lowest BCUT2D eigenvalue weighted by molar-refractivity contribution is -0.143. The van der Waals surface area contributed by atoms with Gasteiger partial charge in [0.15, 0.2) is 0 Å². The summed E-state index contributed by atoms with van der Waals surface area (Å²) in [6.07, 6.45) is 5.92. The Morgan fingerprint density at radius 2 is 1.72 bits per heavy atom. The van der Waals surface area contributed by atoms with Crippen molar-refractivity contribution in [2.45, 2.75) is 76.9 Å². The number of anilines is 2. The van der Waals surface area contributed by atoms with Gasteiger partial charge in [-0.2, -0.15) is 0 Å². The number of benzene rings is 1. The highest BCUT2D eigenvalue weighted by molar-refractivity contribution is 7.14. The molecule has 4 amide bonds. The van der Waals surface area contributed by atoms with E-state index in [0.29, 0.717) is 42.8 Å². The standard InChI is InChI=1S/C35H50ClN7O3S/c1-3-25-19-24(21-30(36)32(25)37)20-27(34(45)42-14-5-28(6-15-42)40-11-4-10-39(2)16-17-40)22-31(44)41-12-7-29(8-13-41)43-23-26-9-18-47-33(26)38-35(43)46/h9,18-19,21,27-29H,3-8,10-17,20,22-23,37H2,1-2H3,(H,38,46)/t27-/m0/s1. The number of nitrogens with two attached hydrogens (primary N) is 1. The van der Waals surface area contributed by atoms with Crippen molar-refractivity contribution >= 4 is 51.5 Å². The molecule has 5 heterocycles. The molecule has 3 saturated heterocycles. The number of likely N-dealkylation sites (N-methyl/N-ethyl adjacent to an activating group) is 1. The average Bonchev–Trinajstić information content (AvgIpc) is 3.42. The number of likely N-dealkylation sites (tertiary alicyclic amines) is 2. The number of piperidine rings is 2. The number of carbonyl (C=O) groups is 3. The molecule has 6 rings (SSSR count). The Hall–Kier alpha value is -2.86. The molecule has 0 spiro atoms. The highest BCUT2D eigenvalue weighted by Gasteiger charge is 2.36. The van der Waals surface area contributed by atoms with Crippen LogP contribution in [0.15, 0.2) is 23.6 Å². The van der Waals surface area contributed by atoms with Crippen LogP contribution in [0.4, 0.5) is 15.5 Å². The SMILES string of the molecule is CCc1cc(C[C@@H](CC(=O)N2CCC(N3Cc4ccsc4NC3=O)CC2)C(=O)N2CCC(N3CCCN(C)CC3)CC2)cc(Cl)c1N. The topological polar surface area (TPSA) is 105 Å². The Labute approximate surface area is 288 Å². The van der Waals surface area contributed by atoms with E-state index in [0.717, 1.165) is 93.1 Å². The van der Waals surface area contributed by atoms with Gasteiger partial charge < -0.3 is 25.3 Å². The Balaban J connectivity index is 1.10. The summed E-state index contributed by atoms with van der Waals surface area (Å²) in [4.78, 5) is 51.7. The molecule has 256 valence electrons. The number of nitrogens with one attached hydrogen (secondary N) is 1. The van der Waals surface area contributed by atoms with Gasteiger partial charge >= 0.3 is 6.03 Å². The predicted molar refractivity (Wildman–Crippen MR) is 189 cm³/mol. The number of urea groups is 1. The van der Waals surface area contributed by atoms with Crippen LogP contribution >= 0.6 is 22.9 Å². The molecule has 47 heavy (non-hydrogen) atoms. The van der Waals surface area contributed by atoms with Crippen molar-refractivity contribution in [2.24, 2.45) is 5.92 Å². The van der Waals surface area contributed by atoms with Crippen LogP contribution in [0.25, 0.3) is 0 Å². The molecule has 10 nitrogen and oxygen atoms in total. The van der Waals surface area contributed by atoms with Gasteiger partial charge in [0.1, 0.15) is 5.00 Å². The molecule has 1 atom stereocenters.